The standard InChI is InChI=1S/C17H22N4O2/c1-2-18-17(22)14-8-10-21(11-9-14)12-15-19-16(20-23-15)13-6-4-3-5-7-13/h3-7,14H,2,8-12H2,1H3,(H,18,22). The number of likely N-dealkylation sites (tertiary alicyclic amines) is 1. The smallest absolute Gasteiger partial charge is 0.241 e. The van der Waals surface area contributed by atoms with Crippen molar-refractivity contribution in [3.8, 4) is 11.4 Å². The molecule has 2 aromatic rings. The van der Waals surface area contributed by atoms with Gasteiger partial charge in [-0.05, 0) is 32.9 Å². The van der Waals surface area contributed by atoms with Gasteiger partial charge < -0.3 is 9.84 Å². The molecule has 1 aliphatic rings. The Balaban J connectivity index is 1.53. The number of nitrogens with zero attached hydrogens (tertiary/aromatic N) is 3. The lowest BCUT2D eigenvalue weighted by molar-refractivity contribution is -0.126. The third kappa shape index (κ3) is 3.96. The summed E-state index contributed by atoms with van der Waals surface area (Å²) in [5.74, 6) is 1.56. The van der Waals surface area contributed by atoms with Crippen molar-refractivity contribution in [3.05, 3.63) is 36.2 Å². The van der Waals surface area contributed by atoms with Crippen molar-refractivity contribution in [1.82, 2.24) is 20.4 Å². The highest BCUT2D eigenvalue weighted by molar-refractivity contribution is 5.78. The minimum atomic E-state index is 0.133. The van der Waals surface area contributed by atoms with Crippen molar-refractivity contribution < 1.29 is 9.32 Å². The van der Waals surface area contributed by atoms with Crippen LogP contribution in [0.4, 0.5) is 0 Å². The summed E-state index contributed by atoms with van der Waals surface area (Å²) >= 11 is 0. The zero-order chi connectivity index (χ0) is 16.1. The first-order chi connectivity index (χ1) is 11.3. The first-order valence-corrected chi connectivity index (χ1v) is 8.14. The molecule has 1 saturated heterocycles. The van der Waals surface area contributed by atoms with E-state index in [2.05, 4.69) is 20.4 Å². The summed E-state index contributed by atoms with van der Waals surface area (Å²) in [4.78, 5) is 18.6. The fraction of sp³-hybridized carbons (Fsp3) is 0.471. The molecule has 0 aliphatic carbocycles. The largest absolute Gasteiger partial charge is 0.356 e. The first-order valence-electron chi connectivity index (χ1n) is 8.14. The highest BCUT2D eigenvalue weighted by Crippen LogP contribution is 2.20. The maximum Gasteiger partial charge on any atom is 0.241 e. The monoisotopic (exact) mass is 314 g/mol. The zero-order valence-corrected chi connectivity index (χ0v) is 13.4. The fourth-order valence-electron chi connectivity index (χ4n) is 2.89. The third-order valence-corrected chi connectivity index (χ3v) is 4.17. The summed E-state index contributed by atoms with van der Waals surface area (Å²) in [6.07, 6.45) is 1.76. The van der Waals surface area contributed by atoms with Gasteiger partial charge in [0.05, 0.1) is 6.54 Å². The number of carbonyl (C=O) groups excluding carboxylic acids is 1. The topological polar surface area (TPSA) is 71.3 Å². The molecule has 2 heterocycles. The van der Waals surface area contributed by atoms with Gasteiger partial charge in [0.25, 0.3) is 0 Å². The predicted molar refractivity (Wildman–Crippen MR) is 86.4 cm³/mol. The third-order valence-electron chi connectivity index (χ3n) is 4.17. The van der Waals surface area contributed by atoms with Gasteiger partial charge in [-0.2, -0.15) is 4.98 Å². The van der Waals surface area contributed by atoms with Crippen molar-refractivity contribution in [2.75, 3.05) is 19.6 Å². The van der Waals surface area contributed by atoms with Crippen molar-refractivity contribution in [2.24, 2.45) is 5.92 Å². The number of hydrogen-bond acceptors (Lipinski definition) is 5. The van der Waals surface area contributed by atoms with Crippen LogP contribution in [0.25, 0.3) is 11.4 Å². The van der Waals surface area contributed by atoms with Crippen molar-refractivity contribution in [3.63, 3.8) is 0 Å². The Hall–Kier alpha value is -2.21. The Morgan fingerprint density at radius 2 is 2.04 bits per heavy atom. The summed E-state index contributed by atoms with van der Waals surface area (Å²) in [6.45, 7) is 5.05. The molecule has 0 bridgehead atoms. The molecule has 1 N–H and O–H groups in total. The molecule has 3 rings (SSSR count). The van der Waals surface area contributed by atoms with Gasteiger partial charge in [-0.25, -0.2) is 0 Å². The molecule has 0 radical (unpaired) electrons. The number of amides is 1. The molecule has 23 heavy (non-hydrogen) atoms. The van der Waals surface area contributed by atoms with Gasteiger partial charge in [0.15, 0.2) is 0 Å². The molecule has 0 atom stereocenters. The lowest BCUT2D eigenvalue weighted by Crippen LogP contribution is -2.40. The van der Waals surface area contributed by atoms with Crippen LogP contribution in [0.15, 0.2) is 34.9 Å². The van der Waals surface area contributed by atoms with Crippen molar-refractivity contribution in [1.29, 1.82) is 0 Å². The number of aromatic nitrogens is 2. The molecule has 1 fully saturated rings. The Morgan fingerprint density at radius 3 is 2.74 bits per heavy atom. The van der Waals surface area contributed by atoms with E-state index < -0.39 is 0 Å². The van der Waals surface area contributed by atoms with Gasteiger partial charge in [0, 0.05) is 18.0 Å². The molecule has 0 saturated carbocycles. The maximum atomic E-state index is 11.9. The SMILES string of the molecule is CCNC(=O)C1CCN(Cc2nc(-c3ccccc3)no2)CC1. The molecule has 1 aliphatic heterocycles. The number of benzene rings is 1. The Bertz CT molecular complexity index is 633. The number of rotatable bonds is 5. The van der Waals surface area contributed by atoms with E-state index in [1.165, 1.54) is 0 Å². The van der Waals surface area contributed by atoms with E-state index in [0.29, 0.717) is 24.8 Å². The Kier molecular flexibility index (Phi) is 5.02. The van der Waals surface area contributed by atoms with Crippen LogP contribution in [0, 0.1) is 5.92 Å². The molecular weight excluding hydrogens is 292 g/mol. The van der Waals surface area contributed by atoms with E-state index in [4.69, 9.17) is 4.52 Å². The predicted octanol–water partition coefficient (Wildman–Crippen LogP) is 2.08. The van der Waals surface area contributed by atoms with Gasteiger partial charge >= 0.3 is 0 Å². The number of hydrogen-bond donors (Lipinski definition) is 1. The maximum absolute atomic E-state index is 11.9. The zero-order valence-electron chi connectivity index (χ0n) is 13.4. The van der Waals surface area contributed by atoms with Gasteiger partial charge in [0.2, 0.25) is 17.6 Å². The molecule has 122 valence electrons. The summed E-state index contributed by atoms with van der Waals surface area (Å²) in [6, 6.07) is 9.80. The van der Waals surface area contributed by atoms with Crippen LogP contribution >= 0.6 is 0 Å². The number of nitrogens with one attached hydrogen (secondary N) is 1. The second kappa shape index (κ2) is 7.37. The quantitative estimate of drug-likeness (QED) is 0.915. The average Bonchev–Trinajstić information content (AvgIpc) is 3.05. The van der Waals surface area contributed by atoms with E-state index in [1.807, 2.05) is 37.3 Å². The van der Waals surface area contributed by atoms with Gasteiger partial charge in [-0.1, -0.05) is 35.5 Å². The highest BCUT2D eigenvalue weighted by Gasteiger charge is 2.25. The molecule has 0 unspecified atom stereocenters. The van der Waals surface area contributed by atoms with Crippen LogP contribution in [0.1, 0.15) is 25.7 Å². The number of carbonyl (C=O) groups is 1. The first kappa shape index (κ1) is 15.7. The molecule has 6 heteroatoms. The Labute approximate surface area is 135 Å². The molecule has 1 amide bonds. The molecule has 6 nitrogen and oxygen atoms in total. The van der Waals surface area contributed by atoms with Gasteiger partial charge in [-0.15, -0.1) is 0 Å². The van der Waals surface area contributed by atoms with E-state index >= 15 is 0 Å². The van der Waals surface area contributed by atoms with E-state index in [0.717, 1.165) is 31.5 Å². The lowest BCUT2D eigenvalue weighted by atomic mass is 9.96. The lowest BCUT2D eigenvalue weighted by Gasteiger charge is -2.30. The Morgan fingerprint density at radius 1 is 1.30 bits per heavy atom. The second-order valence-electron chi connectivity index (χ2n) is 5.82. The van der Waals surface area contributed by atoms with Crippen LogP contribution in [-0.4, -0.2) is 40.6 Å². The average molecular weight is 314 g/mol. The second-order valence-corrected chi connectivity index (χ2v) is 5.82. The van der Waals surface area contributed by atoms with Crippen LogP contribution < -0.4 is 5.32 Å². The van der Waals surface area contributed by atoms with Crippen LogP contribution in [0.3, 0.4) is 0 Å². The summed E-state index contributed by atoms with van der Waals surface area (Å²) in [7, 11) is 0. The van der Waals surface area contributed by atoms with Crippen molar-refractivity contribution >= 4 is 5.91 Å². The van der Waals surface area contributed by atoms with Crippen molar-refractivity contribution in [2.45, 2.75) is 26.3 Å². The van der Waals surface area contributed by atoms with Gasteiger partial charge in [-0.3, -0.25) is 9.69 Å². The minimum absolute atomic E-state index is 0.133. The molecule has 0 spiro atoms. The molecule has 1 aromatic carbocycles. The minimum Gasteiger partial charge on any atom is -0.356 e. The summed E-state index contributed by atoms with van der Waals surface area (Å²) in [5.41, 5.74) is 0.956. The van der Waals surface area contributed by atoms with Gasteiger partial charge in [0.1, 0.15) is 0 Å². The summed E-state index contributed by atoms with van der Waals surface area (Å²) < 4.78 is 5.35. The van der Waals surface area contributed by atoms with Crippen LogP contribution in [0.2, 0.25) is 0 Å². The highest BCUT2D eigenvalue weighted by atomic mass is 16.5. The number of piperidine rings is 1. The fourth-order valence-corrected chi connectivity index (χ4v) is 2.89. The van der Waals surface area contributed by atoms with E-state index in [-0.39, 0.29) is 11.8 Å². The van der Waals surface area contributed by atoms with E-state index in [9.17, 15) is 4.79 Å². The van der Waals surface area contributed by atoms with Crippen LogP contribution in [-0.2, 0) is 11.3 Å². The molecule has 1 aromatic heterocycles. The normalized spacial score (nSPS) is 16.4. The van der Waals surface area contributed by atoms with E-state index in [1.54, 1.807) is 0 Å². The summed E-state index contributed by atoms with van der Waals surface area (Å²) in [5, 5.41) is 6.95. The van der Waals surface area contributed by atoms with Crippen LogP contribution in [0.5, 0.6) is 0 Å². The molecular formula is C17H22N4O2.